The van der Waals surface area contributed by atoms with E-state index in [0.717, 1.165) is 24.5 Å². The van der Waals surface area contributed by atoms with Crippen molar-refractivity contribution in [2.24, 2.45) is 5.92 Å². The smallest absolute Gasteiger partial charge is 0.296 e. The Labute approximate surface area is 259 Å². The van der Waals surface area contributed by atoms with E-state index in [9.17, 15) is 27.4 Å². The molecule has 9 nitrogen and oxygen atoms in total. The third kappa shape index (κ3) is 13.3. The Morgan fingerprint density at radius 1 is 0.773 bits per heavy atom. The van der Waals surface area contributed by atoms with Crippen molar-refractivity contribution in [3.05, 3.63) is 96.1 Å². The second kappa shape index (κ2) is 19.5. The zero-order chi connectivity index (χ0) is 31.8. The molecule has 0 aliphatic carbocycles. The van der Waals surface area contributed by atoms with E-state index in [4.69, 9.17) is 9.47 Å². The number of anilines is 1. The van der Waals surface area contributed by atoms with Gasteiger partial charge in [0.2, 0.25) is 5.91 Å². The Morgan fingerprint density at radius 3 is 1.73 bits per heavy atom. The van der Waals surface area contributed by atoms with Gasteiger partial charge in [-0.1, -0.05) is 72.8 Å². The summed E-state index contributed by atoms with van der Waals surface area (Å²) >= 11 is 0. The number of methoxy groups -OCH3 is 2. The number of ether oxygens (including phenoxy) is 2. The molecule has 2 N–H and O–H groups in total. The maximum Gasteiger partial charge on any atom is 0.296 e. The van der Waals surface area contributed by atoms with Gasteiger partial charge in [0.05, 0.1) is 17.9 Å². The number of nitrogens with one attached hydrogen (secondary N) is 1. The van der Waals surface area contributed by atoms with Crippen molar-refractivity contribution >= 4 is 33.3 Å². The zero-order valence-electron chi connectivity index (χ0n) is 25.5. The molecule has 3 aromatic rings. The minimum absolute atomic E-state index is 0. The summed E-state index contributed by atoms with van der Waals surface area (Å²) in [5.74, 6) is -2.02. The Kier molecular flexibility index (Phi) is 17.0. The van der Waals surface area contributed by atoms with Gasteiger partial charge < -0.3 is 14.8 Å². The number of carbonyl (C=O) groups excluding carboxylic acids is 3. The number of benzene rings is 3. The minimum atomic E-state index is -4.53. The highest BCUT2D eigenvalue weighted by Gasteiger charge is 2.33. The number of amides is 1. The van der Waals surface area contributed by atoms with E-state index >= 15 is 0 Å². The first-order valence-electron chi connectivity index (χ1n) is 14.0. The molecule has 0 saturated heterocycles. The number of ketones is 2. The van der Waals surface area contributed by atoms with Crippen molar-refractivity contribution in [1.29, 1.82) is 0 Å². The zero-order valence-corrected chi connectivity index (χ0v) is 26.3. The number of aryl methyl sites for hydroxylation is 2. The number of hydrogen-bond acceptors (Lipinski definition) is 7. The fourth-order valence-electron chi connectivity index (χ4n) is 4.59. The van der Waals surface area contributed by atoms with Crippen LogP contribution in [0.25, 0.3) is 0 Å². The van der Waals surface area contributed by atoms with Crippen LogP contribution in [0.3, 0.4) is 0 Å². The van der Waals surface area contributed by atoms with E-state index in [0.29, 0.717) is 19.3 Å². The quantitative estimate of drug-likeness (QED) is 0.166. The molecule has 0 bridgehead atoms. The number of rotatable bonds is 15. The van der Waals surface area contributed by atoms with Gasteiger partial charge in [-0.2, -0.15) is 8.42 Å². The predicted molar refractivity (Wildman–Crippen MR) is 168 cm³/mol. The fourth-order valence-corrected chi connectivity index (χ4v) is 5.24. The highest BCUT2D eigenvalue weighted by atomic mass is 32.2. The summed E-state index contributed by atoms with van der Waals surface area (Å²) in [5.41, 5.74) is 2.24. The SMILES string of the molecule is COC(CCc1ccccc1)C(C(C)=O)C(=O)Nc1ccccc1S(=O)(=O)O.COC(CCc1ccccc1)CC(C)=O.F. The Morgan fingerprint density at radius 2 is 1.27 bits per heavy atom. The molecule has 0 spiro atoms. The van der Waals surface area contributed by atoms with Crippen molar-refractivity contribution in [2.45, 2.75) is 63.1 Å². The van der Waals surface area contributed by atoms with Crippen LogP contribution in [-0.4, -0.2) is 56.9 Å². The van der Waals surface area contributed by atoms with Gasteiger partial charge in [-0.15, -0.1) is 0 Å². The van der Waals surface area contributed by atoms with Gasteiger partial charge in [-0.3, -0.25) is 23.6 Å². The van der Waals surface area contributed by atoms with E-state index in [1.54, 1.807) is 14.0 Å². The van der Waals surface area contributed by atoms with E-state index in [-0.39, 0.29) is 22.3 Å². The first kappa shape index (κ1) is 38.3. The maximum absolute atomic E-state index is 12.8. The summed E-state index contributed by atoms with van der Waals surface area (Å²) < 4.78 is 43.0. The van der Waals surface area contributed by atoms with Gasteiger partial charge in [0.15, 0.2) is 0 Å². The summed E-state index contributed by atoms with van der Waals surface area (Å²) in [7, 11) is -1.44. The molecule has 3 rings (SSSR count). The molecule has 1 amide bonds. The number of Topliss-reactive ketones (excluding diaryl/α,β-unsaturated/α-hetero) is 2. The molecular formula is C33H42FNO8S. The lowest BCUT2D eigenvalue weighted by Crippen LogP contribution is -2.39. The molecule has 3 aromatic carbocycles. The second-order valence-electron chi connectivity index (χ2n) is 10.1. The van der Waals surface area contributed by atoms with Crippen LogP contribution < -0.4 is 5.32 Å². The van der Waals surface area contributed by atoms with Gasteiger partial charge in [0.1, 0.15) is 22.4 Å². The van der Waals surface area contributed by atoms with Crippen LogP contribution in [0.4, 0.5) is 10.4 Å². The van der Waals surface area contributed by atoms with Crippen LogP contribution in [0, 0.1) is 5.92 Å². The standard InChI is InChI=1S/C20H23NO6S.C13H18O2.FH/c1-14(22)19(17(27-2)13-12-15-8-4-3-5-9-15)20(23)21-16-10-6-7-11-18(16)28(24,25)26;1-11(14)10-13(15-2)9-8-12-6-4-3-5-7-12;/h3-11,17,19H,12-13H2,1-2H3,(H,21,23)(H,24,25,26);3-7,13H,8-10H2,1-2H3;1H. The van der Waals surface area contributed by atoms with Crippen LogP contribution in [0.1, 0.15) is 44.2 Å². The van der Waals surface area contributed by atoms with Crippen LogP contribution in [0.15, 0.2) is 89.8 Å². The average molecular weight is 632 g/mol. The minimum Gasteiger partial charge on any atom is -0.381 e. The topological polar surface area (TPSA) is 136 Å². The summed E-state index contributed by atoms with van der Waals surface area (Å²) in [6.07, 6.45) is 2.80. The number of carbonyl (C=O) groups is 3. The molecule has 0 fully saturated rings. The predicted octanol–water partition coefficient (Wildman–Crippen LogP) is 5.49. The van der Waals surface area contributed by atoms with Gasteiger partial charge in [0.25, 0.3) is 10.1 Å². The third-order valence-corrected chi connectivity index (χ3v) is 7.74. The van der Waals surface area contributed by atoms with E-state index in [1.165, 1.54) is 37.8 Å². The normalized spacial score (nSPS) is 12.8. The van der Waals surface area contributed by atoms with Gasteiger partial charge in [-0.25, -0.2) is 0 Å². The summed E-state index contributed by atoms with van der Waals surface area (Å²) in [6, 6.07) is 25.3. The van der Waals surface area contributed by atoms with Gasteiger partial charge in [0, 0.05) is 20.6 Å². The number of hydrogen-bond donors (Lipinski definition) is 2. The van der Waals surface area contributed by atoms with Crippen LogP contribution in [0.2, 0.25) is 0 Å². The fraction of sp³-hybridized carbons (Fsp3) is 0.364. The van der Waals surface area contributed by atoms with E-state index < -0.39 is 38.7 Å². The van der Waals surface area contributed by atoms with Gasteiger partial charge >= 0.3 is 0 Å². The molecule has 0 aliphatic rings. The molecule has 0 heterocycles. The Bertz CT molecular complexity index is 1420. The van der Waals surface area contributed by atoms with Crippen molar-refractivity contribution in [3.8, 4) is 0 Å². The van der Waals surface area contributed by atoms with Crippen molar-refractivity contribution in [1.82, 2.24) is 0 Å². The maximum atomic E-state index is 12.8. The molecule has 240 valence electrons. The van der Waals surface area contributed by atoms with Crippen LogP contribution >= 0.6 is 0 Å². The lowest BCUT2D eigenvalue weighted by molar-refractivity contribution is -0.135. The highest BCUT2D eigenvalue weighted by Crippen LogP contribution is 2.23. The van der Waals surface area contributed by atoms with Gasteiger partial charge in [-0.05, 0) is 62.8 Å². The first-order chi connectivity index (χ1) is 20.5. The molecule has 0 saturated carbocycles. The molecule has 0 radical (unpaired) electrons. The molecule has 3 atom stereocenters. The Balaban J connectivity index is 0.000000513. The third-order valence-electron chi connectivity index (χ3n) is 6.82. The number of para-hydroxylation sites is 1. The lowest BCUT2D eigenvalue weighted by Gasteiger charge is -2.23. The molecule has 44 heavy (non-hydrogen) atoms. The first-order valence-corrected chi connectivity index (χ1v) is 15.4. The van der Waals surface area contributed by atoms with E-state index in [2.05, 4.69) is 17.4 Å². The molecule has 3 unspecified atom stereocenters. The van der Waals surface area contributed by atoms with Crippen LogP contribution in [-0.2, 0) is 46.8 Å². The molecule has 0 aromatic heterocycles. The summed E-state index contributed by atoms with van der Waals surface area (Å²) in [6.45, 7) is 2.89. The van der Waals surface area contributed by atoms with Crippen LogP contribution in [0.5, 0.6) is 0 Å². The highest BCUT2D eigenvalue weighted by molar-refractivity contribution is 7.86. The van der Waals surface area contributed by atoms with E-state index in [1.807, 2.05) is 48.5 Å². The lowest BCUT2D eigenvalue weighted by atomic mass is 9.92. The average Bonchev–Trinajstić information content (AvgIpc) is 2.98. The number of halogens is 1. The summed E-state index contributed by atoms with van der Waals surface area (Å²) in [4.78, 5) is 35.4. The Hall–Kier alpha value is -3.77. The largest absolute Gasteiger partial charge is 0.381 e. The van der Waals surface area contributed by atoms with Crippen molar-refractivity contribution < 1.29 is 41.5 Å². The monoisotopic (exact) mass is 631 g/mol. The molecular weight excluding hydrogens is 589 g/mol. The second-order valence-corrected chi connectivity index (χ2v) is 11.5. The van der Waals surface area contributed by atoms with Crippen molar-refractivity contribution in [2.75, 3.05) is 19.5 Å². The molecule has 0 aliphatic heterocycles. The molecule has 11 heteroatoms. The van der Waals surface area contributed by atoms with Crippen molar-refractivity contribution in [3.63, 3.8) is 0 Å². The summed E-state index contributed by atoms with van der Waals surface area (Å²) in [5, 5.41) is 2.43.